The van der Waals surface area contributed by atoms with Crippen LogP contribution in [0.15, 0.2) is 59.0 Å². The van der Waals surface area contributed by atoms with Gasteiger partial charge in [0.15, 0.2) is 5.76 Å². The van der Waals surface area contributed by atoms with E-state index in [2.05, 4.69) is 4.98 Å². The lowest BCUT2D eigenvalue weighted by molar-refractivity contribution is 0.0697. The standard InChI is InChI=1S/C20H14FNO3/c1-11-8-15(21)9-14-10-18(25-19(11)14)17-7-6-16(22-17)12-2-4-13(5-3-12)20(23)24/h2-10,22H,1H3,(H,23,24). The third-order valence-corrected chi connectivity index (χ3v) is 4.16. The summed E-state index contributed by atoms with van der Waals surface area (Å²) in [5, 5.41) is 9.68. The van der Waals surface area contributed by atoms with Crippen LogP contribution in [0.3, 0.4) is 0 Å². The van der Waals surface area contributed by atoms with Gasteiger partial charge in [0.25, 0.3) is 0 Å². The highest BCUT2D eigenvalue weighted by Crippen LogP contribution is 2.31. The first kappa shape index (κ1) is 15.2. The molecule has 2 heterocycles. The molecule has 0 saturated carbocycles. The van der Waals surface area contributed by atoms with E-state index in [1.54, 1.807) is 30.3 Å². The summed E-state index contributed by atoms with van der Waals surface area (Å²) in [5.41, 5.74) is 4.14. The van der Waals surface area contributed by atoms with Crippen LogP contribution in [0.2, 0.25) is 0 Å². The van der Waals surface area contributed by atoms with Crippen molar-refractivity contribution >= 4 is 16.9 Å². The third-order valence-electron chi connectivity index (χ3n) is 4.16. The Morgan fingerprint density at radius 1 is 1.04 bits per heavy atom. The van der Waals surface area contributed by atoms with Crippen LogP contribution in [0.25, 0.3) is 33.7 Å². The Labute approximate surface area is 142 Å². The van der Waals surface area contributed by atoms with Crippen molar-refractivity contribution in [3.8, 4) is 22.7 Å². The lowest BCUT2D eigenvalue weighted by atomic mass is 10.1. The number of furan rings is 1. The van der Waals surface area contributed by atoms with Crippen LogP contribution in [0, 0.1) is 12.7 Å². The third kappa shape index (κ3) is 2.70. The summed E-state index contributed by atoms with van der Waals surface area (Å²) in [4.78, 5) is 14.2. The van der Waals surface area contributed by atoms with Crippen LogP contribution in [-0.4, -0.2) is 16.1 Å². The maximum Gasteiger partial charge on any atom is 0.335 e. The molecule has 4 aromatic rings. The van der Waals surface area contributed by atoms with E-state index < -0.39 is 5.97 Å². The summed E-state index contributed by atoms with van der Waals surface area (Å²) in [6.07, 6.45) is 0. The predicted molar refractivity (Wildman–Crippen MR) is 93.1 cm³/mol. The molecule has 0 bridgehead atoms. The fourth-order valence-corrected chi connectivity index (χ4v) is 2.92. The van der Waals surface area contributed by atoms with Gasteiger partial charge in [-0.2, -0.15) is 0 Å². The van der Waals surface area contributed by atoms with Gasteiger partial charge in [-0.15, -0.1) is 0 Å². The van der Waals surface area contributed by atoms with Crippen LogP contribution >= 0.6 is 0 Å². The molecule has 4 nitrogen and oxygen atoms in total. The minimum Gasteiger partial charge on any atom is -0.478 e. The molecule has 0 aliphatic heterocycles. The molecule has 4 rings (SSSR count). The van der Waals surface area contributed by atoms with E-state index in [1.807, 2.05) is 19.1 Å². The average Bonchev–Trinajstić information content (AvgIpc) is 3.21. The van der Waals surface area contributed by atoms with Crippen molar-refractivity contribution < 1.29 is 18.7 Å². The van der Waals surface area contributed by atoms with Gasteiger partial charge in [0.1, 0.15) is 11.4 Å². The van der Waals surface area contributed by atoms with Crippen molar-refractivity contribution in [2.45, 2.75) is 6.92 Å². The van der Waals surface area contributed by atoms with Crippen LogP contribution < -0.4 is 0 Å². The fourth-order valence-electron chi connectivity index (χ4n) is 2.92. The minimum absolute atomic E-state index is 0.241. The summed E-state index contributed by atoms with van der Waals surface area (Å²) in [6.45, 7) is 1.81. The highest BCUT2D eigenvalue weighted by Gasteiger charge is 2.12. The minimum atomic E-state index is -0.955. The summed E-state index contributed by atoms with van der Waals surface area (Å²) >= 11 is 0. The maximum atomic E-state index is 13.5. The topological polar surface area (TPSA) is 66.2 Å². The number of halogens is 1. The number of aromatic carboxylic acids is 1. The van der Waals surface area contributed by atoms with E-state index in [0.717, 1.165) is 27.9 Å². The molecular weight excluding hydrogens is 321 g/mol. The van der Waals surface area contributed by atoms with Gasteiger partial charge in [0, 0.05) is 11.1 Å². The van der Waals surface area contributed by atoms with Gasteiger partial charge in [0.2, 0.25) is 0 Å². The summed E-state index contributed by atoms with van der Waals surface area (Å²) in [5.74, 6) is -0.622. The zero-order valence-electron chi connectivity index (χ0n) is 13.3. The van der Waals surface area contributed by atoms with E-state index in [9.17, 15) is 9.18 Å². The lowest BCUT2D eigenvalue weighted by Crippen LogP contribution is -1.94. The van der Waals surface area contributed by atoms with Gasteiger partial charge in [-0.3, -0.25) is 0 Å². The number of carboxylic acid groups (broad SMARTS) is 1. The normalized spacial score (nSPS) is 11.1. The van der Waals surface area contributed by atoms with Gasteiger partial charge >= 0.3 is 5.97 Å². The average molecular weight is 335 g/mol. The zero-order valence-corrected chi connectivity index (χ0v) is 13.3. The Kier molecular flexibility index (Phi) is 3.42. The maximum absolute atomic E-state index is 13.5. The van der Waals surface area contributed by atoms with E-state index in [4.69, 9.17) is 9.52 Å². The number of hydrogen-bond acceptors (Lipinski definition) is 2. The number of aromatic nitrogens is 1. The monoisotopic (exact) mass is 335 g/mol. The molecule has 0 spiro atoms. The zero-order chi connectivity index (χ0) is 17.6. The molecule has 0 unspecified atom stereocenters. The molecule has 25 heavy (non-hydrogen) atoms. The predicted octanol–water partition coefficient (Wildman–Crippen LogP) is 5.24. The summed E-state index contributed by atoms with van der Waals surface area (Å²) in [6, 6.07) is 15.1. The largest absolute Gasteiger partial charge is 0.478 e. The van der Waals surface area contributed by atoms with Crippen molar-refractivity contribution in [3.05, 3.63) is 71.5 Å². The molecule has 0 amide bonds. The van der Waals surface area contributed by atoms with Gasteiger partial charge < -0.3 is 14.5 Å². The SMILES string of the molecule is Cc1cc(F)cc2cc(-c3ccc(-c4ccc(C(=O)O)cc4)[nH]3)oc12. The Balaban J connectivity index is 1.71. The molecule has 2 aromatic heterocycles. The molecule has 0 aliphatic carbocycles. The molecule has 124 valence electrons. The fraction of sp³-hybridized carbons (Fsp3) is 0.0500. The molecule has 0 saturated heterocycles. The first-order valence-electron chi connectivity index (χ1n) is 7.74. The van der Waals surface area contributed by atoms with E-state index in [1.165, 1.54) is 12.1 Å². The first-order chi connectivity index (χ1) is 12.0. The van der Waals surface area contributed by atoms with E-state index in [-0.39, 0.29) is 11.4 Å². The lowest BCUT2D eigenvalue weighted by Gasteiger charge is -1.99. The molecule has 0 aliphatic rings. The molecule has 0 atom stereocenters. The number of carbonyl (C=O) groups is 1. The van der Waals surface area contributed by atoms with Gasteiger partial charge in [-0.05, 0) is 60.5 Å². The van der Waals surface area contributed by atoms with Crippen molar-refractivity contribution in [2.75, 3.05) is 0 Å². The molecule has 0 fully saturated rings. The van der Waals surface area contributed by atoms with Crippen molar-refractivity contribution in [1.82, 2.24) is 4.98 Å². The van der Waals surface area contributed by atoms with Crippen molar-refractivity contribution in [2.24, 2.45) is 0 Å². The van der Waals surface area contributed by atoms with E-state index >= 15 is 0 Å². The molecule has 2 N–H and O–H groups in total. The Morgan fingerprint density at radius 2 is 1.76 bits per heavy atom. The Morgan fingerprint density at radius 3 is 2.48 bits per heavy atom. The quantitative estimate of drug-likeness (QED) is 0.538. The van der Waals surface area contributed by atoms with Crippen LogP contribution in [0.5, 0.6) is 0 Å². The van der Waals surface area contributed by atoms with E-state index in [0.29, 0.717) is 11.3 Å². The van der Waals surface area contributed by atoms with Crippen molar-refractivity contribution in [1.29, 1.82) is 0 Å². The number of fused-ring (bicyclic) bond motifs is 1. The van der Waals surface area contributed by atoms with Crippen LogP contribution in [0.1, 0.15) is 15.9 Å². The van der Waals surface area contributed by atoms with Gasteiger partial charge in [0.05, 0.1) is 11.3 Å². The molecule has 2 aromatic carbocycles. The highest BCUT2D eigenvalue weighted by atomic mass is 19.1. The number of aromatic amines is 1. The van der Waals surface area contributed by atoms with Crippen LogP contribution in [-0.2, 0) is 0 Å². The molecule has 0 radical (unpaired) electrons. The number of carboxylic acids is 1. The number of hydrogen-bond donors (Lipinski definition) is 2. The number of nitrogens with one attached hydrogen (secondary N) is 1. The van der Waals surface area contributed by atoms with Gasteiger partial charge in [-0.25, -0.2) is 9.18 Å². The number of benzene rings is 2. The second kappa shape index (κ2) is 5.63. The number of rotatable bonds is 3. The Bertz CT molecular complexity index is 1090. The summed E-state index contributed by atoms with van der Waals surface area (Å²) in [7, 11) is 0. The number of H-pyrrole nitrogens is 1. The second-order valence-corrected chi connectivity index (χ2v) is 5.92. The highest BCUT2D eigenvalue weighted by molar-refractivity contribution is 5.88. The Hall–Kier alpha value is -3.34. The van der Waals surface area contributed by atoms with Gasteiger partial charge in [-0.1, -0.05) is 12.1 Å². The molecule has 5 heteroatoms. The smallest absolute Gasteiger partial charge is 0.335 e. The molecular formula is C20H14FNO3. The second-order valence-electron chi connectivity index (χ2n) is 5.92. The summed E-state index contributed by atoms with van der Waals surface area (Å²) < 4.78 is 19.4. The van der Waals surface area contributed by atoms with Crippen LogP contribution in [0.4, 0.5) is 4.39 Å². The first-order valence-corrected chi connectivity index (χ1v) is 7.74. The van der Waals surface area contributed by atoms with Crippen molar-refractivity contribution in [3.63, 3.8) is 0 Å². The number of aryl methyl sites for hydroxylation is 1.